The van der Waals surface area contributed by atoms with Gasteiger partial charge in [0.2, 0.25) is 5.78 Å². The summed E-state index contributed by atoms with van der Waals surface area (Å²) in [7, 11) is 0. The third-order valence-electron chi connectivity index (χ3n) is 4.41. The molecule has 1 heterocycles. The molecule has 0 fully saturated rings. The molecule has 4 rings (SSSR count). The SMILES string of the molecule is O=C1c2ccccc2OC[C@@]1(O)c1ccc(-c2ccccc2)cc1. The number of hydrogen-bond donors (Lipinski definition) is 1. The summed E-state index contributed by atoms with van der Waals surface area (Å²) >= 11 is 0. The van der Waals surface area contributed by atoms with E-state index in [1.54, 1.807) is 30.3 Å². The van der Waals surface area contributed by atoms with Crippen LogP contribution in [0.4, 0.5) is 0 Å². The molecular formula is C21H16O3. The number of benzene rings is 3. The number of hydrogen-bond acceptors (Lipinski definition) is 3. The summed E-state index contributed by atoms with van der Waals surface area (Å²) in [6.45, 7) is -0.0759. The molecule has 0 bridgehead atoms. The lowest BCUT2D eigenvalue weighted by molar-refractivity contribution is -0.00504. The topological polar surface area (TPSA) is 46.5 Å². The predicted octanol–water partition coefficient (Wildman–Crippen LogP) is 3.82. The van der Waals surface area contributed by atoms with Gasteiger partial charge in [-0.3, -0.25) is 4.79 Å². The molecule has 3 heteroatoms. The van der Waals surface area contributed by atoms with E-state index in [0.717, 1.165) is 11.1 Å². The first-order valence-electron chi connectivity index (χ1n) is 7.83. The summed E-state index contributed by atoms with van der Waals surface area (Å²) in [4.78, 5) is 12.8. The van der Waals surface area contributed by atoms with Gasteiger partial charge in [0.05, 0.1) is 5.56 Å². The molecular weight excluding hydrogens is 300 g/mol. The van der Waals surface area contributed by atoms with Crippen molar-refractivity contribution in [2.75, 3.05) is 6.61 Å². The summed E-state index contributed by atoms with van der Waals surface area (Å²) in [5, 5.41) is 10.9. The maximum Gasteiger partial charge on any atom is 0.206 e. The first kappa shape index (κ1) is 14.7. The zero-order chi connectivity index (χ0) is 16.6. The van der Waals surface area contributed by atoms with Crippen molar-refractivity contribution in [1.29, 1.82) is 0 Å². The highest BCUT2D eigenvalue weighted by atomic mass is 16.5. The van der Waals surface area contributed by atoms with Crippen molar-refractivity contribution < 1.29 is 14.6 Å². The number of ether oxygens (including phenoxy) is 1. The van der Waals surface area contributed by atoms with Crippen LogP contribution in [0.5, 0.6) is 5.75 Å². The van der Waals surface area contributed by atoms with Crippen LogP contribution in [0, 0.1) is 0 Å². The molecule has 0 saturated heterocycles. The van der Waals surface area contributed by atoms with E-state index in [-0.39, 0.29) is 12.4 Å². The molecule has 1 atom stereocenters. The number of para-hydroxylation sites is 1. The number of rotatable bonds is 2. The number of ketones is 1. The van der Waals surface area contributed by atoms with Crippen LogP contribution in [-0.4, -0.2) is 17.5 Å². The van der Waals surface area contributed by atoms with Crippen LogP contribution in [-0.2, 0) is 5.60 Å². The first-order chi connectivity index (χ1) is 11.7. The molecule has 3 aromatic rings. The predicted molar refractivity (Wildman–Crippen MR) is 92.0 cm³/mol. The first-order valence-corrected chi connectivity index (χ1v) is 7.83. The van der Waals surface area contributed by atoms with Crippen molar-refractivity contribution in [3.63, 3.8) is 0 Å². The van der Waals surface area contributed by atoms with E-state index in [1.165, 1.54) is 0 Å². The van der Waals surface area contributed by atoms with E-state index < -0.39 is 5.60 Å². The van der Waals surface area contributed by atoms with Crippen molar-refractivity contribution in [3.8, 4) is 16.9 Å². The lowest BCUT2D eigenvalue weighted by atomic mass is 9.84. The van der Waals surface area contributed by atoms with Gasteiger partial charge in [-0.2, -0.15) is 0 Å². The molecule has 0 saturated carbocycles. The Balaban J connectivity index is 1.70. The Hall–Kier alpha value is -2.91. The van der Waals surface area contributed by atoms with E-state index in [0.29, 0.717) is 16.9 Å². The van der Waals surface area contributed by atoms with Gasteiger partial charge in [0, 0.05) is 0 Å². The maximum absolute atomic E-state index is 12.8. The van der Waals surface area contributed by atoms with Gasteiger partial charge in [-0.1, -0.05) is 66.7 Å². The van der Waals surface area contributed by atoms with E-state index in [1.807, 2.05) is 48.5 Å². The summed E-state index contributed by atoms with van der Waals surface area (Å²) in [6.07, 6.45) is 0. The Morgan fingerprint density at radius 1 is 0.792 bits per heavy atom. The van der Waals surface area contributed by atoms with Gasteiger partial charge in [0.1, 0.15) is 12.4 Å². The van der Waals surface area contributed by atoms with Crippen LogP contribution < -0.4 is 4.74 Å². The van der Waals surface area contributed by atoms with Gasteiger partial charge in [-0.25, -0.2) is 0 Å². The minimum atomic E-state index is -1.65. The summed E-state index contributed by atoms with van der Waals surface area (Å²) < 4.78 is 5.61. The Morgan fingerprint density at radius 2 is 1.42 bits per heavy atom. The van der Waals surface area contributed by atoms with Gasteiger partial charge in [0.15, 0.2) is 5.60 Å². The Morgan fingerprint density at radius 3 is 2.17 bits per heavy atom. The van der Waals surface area contributed by atoms with Gasteiger partial charge in [-0.05, 0) is 28.8 Å². The second-order valence-electron chi connectivity index (χ2n) is 5.92. The van der Waals surface area contributed by atoms with Crippen molar-refractivity contribution in [2.24, 2.45) is 0 Å². The van der Waals surface area contributed by atoms with Crippen LogP contribution in [0.25, 0.3) is 11.1 Å². The quantitative estimate of drug-likeness (QED) is 0.782. The van der Waals surface area contributed by atoms with E-state index in [4.69, 9.17) is 4.74 Å². The van der Waals surface area contributed by atoms with Crippen molar-refractivity contribution >= 4 is 5.78 Å². The van der Waals surface area contributed by atoms with Gasteiger partial charge in [-0.15, -0.1) is 0 Å². The minimum absolute atomic E-state index is 0.0759. The van der Waals surface area contributed by atoms with Gasteiger partial charge >= 0.3 is 0 Å². The van der Waals surface area contributed by atoms with Gasteiger partial charge in [0.25, 0.3) is 0 Å². The lowest BCUT2D eigenvalue weighted by Crippen LogP contribution is -2.44. The van der Waals surface area contributed by atoms with E-state index in [2.05, 4.69) is 0 Å². The van der Waals surface area contributed by atoms with E-state index >= 15 is 0 Å². The second-order valence-corrected chi connectivity index (χ2v) is 5.92. The highest BCUT2D eigenvalue weighted by Gasteiger charge is 2.43. The van der Waals surface area contributed by atoms with Crippen LogP contribution >= 0.6 is 0 Å². The Kier molecular flexibility index (Phi) is 3.44. The highest BCUT2D eigenvalue weighted by molar-refractivity contribution is 6.06. The van der Waals surface area contributed by atoms with Crippen molar-refractivity contribution in [3.05, 3.63) is 90.0 Å². The van der Waals surface area contributed by atoms with Crippen LogP contribution in [0.15, 0.2) is 78.9 Å². The average molecular weight is 316 g/mol. The fourth-order valence-corrected chi connectivity index (χ4v) is 3.03. The molecule has 0 aliphatic carbocycles. The van der Waals surface area contributed by atoms with E-state index in [9.17, 15) is 9.90 Å². The number of carbonyl (C=O) groups excluding carboxylic acids is 1. The highest BCUT2D eigenvalue weighted by Crippen LogP contribution is 2.36. The molecule has 3 aromatic carbocycles. The normalized spacial score (nSPS) is 19.5. The zero-order valence-electron chi connectivity index (χ0n) is 13.0. The number of aliphatic hydroxyl groups is 1. The van der Waals surface area contributed by atoms with Gasteiger partial charge < -0.3 is 9.84 Å². The van der Waals surface area contributed by atoms with Crippen molar-refractivity contribution in [1.82, 2.24) is 0 Å². The molecule has 1 aliphatic heterocycles. The minimum Gasteiger partial charge on any atom is -0.489 e. The second kappa shape index (κ2) is 5.62. The zero-order valence-corrected chi connectivity index (χ0v) is 13.0. The van der Waals surface area contributed by atoms with Crippen LogP contribution in [0.3, 0.4) is 0 Å². The molecule has 3 nitrogen and oxygen atoms in total. The summed E-state index contributed by atoms with van der Waals surface area (Å²) in [6, 6.07) is 24.4. The number of fused-ring (bicyclic) bond motifs is 1. The third-order valence-corrected chi connectivity index (χ3v) is 4.41. The summed E-state index contributed by atoms with van der Waals surface area (Å²) in [5.41, 5.74) is 1.43. The molecule has 0 amide bonds. The fraction of sp³-hybridized carbons (Fsp3) is 0.0952. The smallest absolute Gasteiger partial charge is 0.206 e. The van der Waals surface area contributed by atoms with Crippen LogP contribution in [0.2, 0.25) is 0 Å². The fourth-order valence-electron chi connectivity index (χ4n) is 3.03. The number of carbonyl (C=O) groups is 1. The molecule has 0 radical (unpaired) electrons. The standard InChI is InChI=1S/C21H16O3/c22-20-18-8-4-5-9-19(18)24-14-21(20,23)17-12-10-16(11-13-17)15-6-2-1-3-7-15/h1-13,23H,14H2/t21-/m1/s1. The van der Waals surface area contributed by atoms with Crippen LogP contribution in [0.1, 0.15) is 15.9 Å². The molecule has 118 valence electrons. The van der Waals surface area contributed by atoms with Crippen molar-refractivity contribution in [2.45, 2.75) is 5.60 Å². The molecule has 0 unspecified atom stereocenters. The largest absolute Gasteiger partial charge is 0.489 e. The molecule has 24 heavy (non-hydrogen) atoms. The lowest BCUT2D eigenvalue weighted by Gasteiger charge is -2.32. The molecule has 0 aromatic heterocycles. The number of Topliss-reactive ketones (excluding diaryl/α,β-unsaturated/α-hetero) is 1. The molecule has 1 aliphatic rings. The summed E-state index contributed by atoms with van der Waals surface area (Å²) in [5.74, 6) is 0.199. The molecule has 1 N–H and O–H groups in total. The monoisotopic (exact) mass is 316 g/mol. The Labute approximate surface area is 140 Å². The third kappa shape index (κ3) is 2.30. The Bertz CT molecular complexity index is 884. The average Bonchev–Trinajstić information content (AvgIpc) is 2.66. The maximum atomic E-state index is 12.8. The molecule has 0 spiro atoms.